The molecule has 0 fully saturated rings. The molecule has 0 saturated carbocycles. The number of esters is 1. The van der Waals surface area contributed by atoms with Crippen LogP contribution in [0.15, 0.2) is 48.5 Å². The Bertz CT molecular complexity index is 775. The molecule has 2 aromatic carbocycles. The van der Waals surface area contributed by atoms with E-state index in [0.717, 1.165) is 0 Å². The minimum Gasteiger partial charge on any atom is -0.496 e. The van der Waals surface area contributed by atoms with E-state index in [0.29, 0.717) is 10.8 Å². The fourth-order valence-electron chi connectivity index (χ4n) is 1.89. The summed E-state index contributed by atoms with van der Waals surface area (Å²) in [5.41, 5.74) is 0.417. The number of imide groups is 1. The Morgan fingerprint density at radius 2 is 1.83 bits per heavy atom. The van der Waals surface area contributed by atoms with Crippen LogP contribution in [0.25, 0.3) is 0 Å². The van der Waals surface area contributed by atoms with Gasteiger partial charge in [0.2, 0.25) is 0 Å². The van der Waals surface area contributed by atoms with Crippen molar-refractivity contribution in [2.24, 2.45) is 0 Å². The van der Waals surface area contributed by atoms with Gasteiger partial charge in [-0.1, -0.05) is 29.8 Å². The van der Waals surface area contributed by atoms with E-state index in [-0.39, 0.29) is 11.1 Å². The molecule has 7 heteroatoms. The molecule has 6 nitrogen and oxygen atoms in total. The fraction of sp³-hybridized carbons (Fsp3) is 0.118. The lowest BCUT2D eigenvalue weighted by molar-refractivity contribution is -0.123. The first-order valence-corrected chi connectivity index (χ1v) is 7.29. The lowest BCUT2D eigenvalue weighted by Gasteiger charge is -2.08. The molecule has 2 rings (SSSR count). The van der Waals surface area contributed by atoms with Gasteiger partial charge in [0.25, 0.3) is 11.8 Å². The second-order valence-corrected chi connectivity index (χ2v) is 5.10. The summed E-state index contributed by atoms with van der Waals surface area (Å²) in [5, 5.41) is 2.50. The Labute approximate surface area is 143 Å². The molecule has 124 valence electrons. The summed E-state index contributed by atoms with van der Waals surface area (Å²) in [5.74, 6) is -1.77. The quantitative estimate of drug-likeness (QED) is 0.840. The molecule has 0 aliphatic rings. The van der Waals surface area contributed by atoms with Gasteiger partial charge in [-0.25, -0.2) is 4.79 Å². The third-order valence-electron chi connectivity index (χ3n) is 3.00. The lowest BCUT2D eigenvalue weighted by Crippen LogP contribution is -2.34. The molecule has 0 radical (unpaired) electrons. The van der Waals surface area contributed by atoms with Crippen molar-refractivity contribution in [3.63, 3.8) is 0 Å². The van der Waals surface area contributed by atoms with Crippen LogP contribution >= 0.6 is 11.6 Å². The maximum absolute atomic E-state index is 12.0. The topological polar surface area (TPSA) is 81.7 Å². The van der Waals surface area contributed by atoms with Crippen LogP contribution in [0.1, 0.15) is 20.7 Å². The molecule has 0 unspecified atom stereocenters. The van der Waals surface area contributed by atoms with E-state index < -0.39 is 24.4 Å². The average Bonchev–Trinajstić information content (AvgIpc) is 2.59. The van der Waals surface area contributed by atoms with E-state index in [1.165, 1.54) is 25.3 Å². The Morgan fingerprint density at radius 1 is 1.08 bits per heavy atom. The molecule has 0 heterocycles. The zero-order valence-corrected chi connectivity index (χ0v) is 13.5. The number of methoxy groups -OCH3 is 1. The minimum absolute atomic E-state index is 0.203. The van der Waals surface area contributed by atoms with Crippen LogP contribution in [0, 0.1) is 0 Å². The van der Waals surface area contributed by atoms with E-state index >= 15 is 0 Å². The Hall–Kier alpha value is -2.86. The molecule has 0 spiro atoms. The summed E-state index contributed by atoms with van der Waals surface area (Å²) in [4.78, 5) is 35.6. The van der Waals surface area contributed by atoms with Crippen molar-refractivity contribution >= 4 is 29.4 Å². The molecular weight excluding hydrogens is 334 g/mol. The standard InChI is InChI=1S/C17H14ClNO5/c1-23-14-8-3-2-7-13(14)16(21)19-15(20)10-24-17(22)11-5-4-6-12(18)9-11/h2-9H,10H2,1H3,(H,19,20,21). The highest BCUT2D eigenvalue weighted by Gasteiger charge is 2.16. The lowest BCUT2D eigenvalue weighted by atomic mass is 10.2. The van der Waals surface area contributed by atoms with E-state index in [2.05, 4.69) is 5.32 Å². The molecule has 0 saturated heterocycles. The highest BCUT2D eigenvalue weighted by Crippen LogP contribution is 2.16. The smallest absolute Gasteiger partial charge is 0.338 e. The number of amides is 2. The number of halogens is 1. The van der Waals surface area contributed by atoms with Gasteiger partial charge < -0.3 is 9.47 Å². The molecule has 0 aromatic heterocycles. The maximum Gasteiger partial charge on any atom is 0.338 e. The van der Waals surface area contributed by atoms with E-state index in [9.17, 15) is 14.4 Å². The van der Waals surface area contributed by atoms with Gasteiger partial charge in [-0.2, -0.15) is 0 Å². The molecule has 1 N–H and O–H groups in total. The largest absolute Gasteiger partial charge is 0.496 e. The summed E-state index contributed by atoms with van der Waals surface area (Å²) in [6, 6.07) is 12.6. The first-order chi connectivity index (χ1) is 11.5. The zero-order chi connectivity index (χ0) is 17.5. The van der Waals surface area contributed by atoms with Crippen LogP contribution in [0.5, 0.6) is 5.75 Å². The number of hydrogen-bond donors (Lipinski definition) is 1. The second kappa shape index (κ2) is 8.12. The molecular formula is C17H14ClNO5. The van der Waals surface area contributed by atoms with Crippen molar-refractivity contribution in [1.82, 2.24) is 5.32 Å². The van der Waals surface area contributed by atoms with Crippen molar-refractivity contribution in [2.45, 2.75) is 0 Å². The third-order valence-corrected chi connectivity index (χ3v) is 3.23. The summed E-state index contributed by atoms with van der Waals surface area (Å²) < 4.78 is 9.89. The number of carbonyl (C=O) groups excluding carboxylic acids is 3. The van der Waals surface area contributed by atoms with Crippen LogP contribution in [0.4, 0.5) is 0 Å². The Kier molecular flexibility index (Phi) is 5.92. The van der Waals surface area contributed by atoms with Crippen LogP contribution in [0.2, 0.25) is 5.02 Å². The predicted octanol–water partition coefficient (Wildman–Crippen LogP) is 2.46. The number of benzene rings is 2. The fourth-order valence-corrected chi connectivity index (χ4v) is 2.08. The first kappa shape index (κ1) is 17.5. The van der Waals surface area contributed by atoms with Crippen LogP contribution in [-0.4, -0.2) is 31.5 Å². The van der Waals surface area contributed by atoms with Gasteiger partial charge in [-0.15, -0.1) is 0 Å². The van der Waals surface area contributed by atoms with Gasteiger partial charge in [-0.3, -0.25) is 14.9 Å². The van der Waals surface area contributed by atoms with Crippen LogP contribution in [-0.2, 0) is 9.53 Å². The SMILES string of the molecule is COc1ccccc1C(=O)NC(=O)COC(=O)c1cccc(Cl)c1. The van der Waals surface area contributed by atoms with Gasteiger partial charge in [0, 0.05) is 5.02 Å². The number of carbonyl (C=O) groups is 3. The van der Waals surface area contributed by atoms with E-state index in [1.54, 1.807) is 30.3 Å². The maximum atomic E-state index is 12.0. The monoisotopic (exact) mass is 347 g/mol. The van der Waals surface area contributed by atoms with Gasteiger partial charge in [-0.05, 0) is 30.3 Å². The van der Waals surface area contributed by atoms with Crippen molar-refractivity contribution in [1.29, 1.82) is 0 Å². The number of para-hydroxylation sites is 1. The molecule has 2 amide bonds. The van der Waals surface area contributed by atoms with Crippen LogP contribution in [0.3, 0.4) is 0 Å². The normalized spacial score (nSPS) is 9.92. The molecule has 24 heavy (non-hydrogen) atoms. The number of hydrogen-bond acceptors (Lipinski definition) is 5. The van der Waals surface area contributed by atoms with Gasteiger partial charge >= 0.3 is 5.97 Å². The minimum atomic E-state index is -0.749. The zero-order valence-electron chi connectivity index (χ0n) is 12.7. The average molecular weight is 348 g/mol. The van der Waals surface area contributed by atoms with Crippen molar-refractivity contribution in [2.75, 3.05) is 13.7 Å². The van der Waals surface area contributed by atoms with Gasteiger partial charge in [0.15, 0.2) is 6.61 Å². The third kappa shape index (κ3) is 4.57. The molecule has 0 aliphatic carbocycles. The van der Waals surface area contributed by atoms with Gasteiger partial charge in [0.1, 0.15) is 5.75 Å². The molecule has 0 aliphatic heterocycles. The molecule has 0 atom stereocenters. The summed E-state index contributed by atoms with van der Waals surface area (Å²) in [7, 11) is 1.42. The highest BCUT2D eigenvalue weighted by atomic mass is 35.5. The molecule has 2 aromatic rings. The number of rotatable bonds is 5. The van der Waals surface area contributed by atoms with Crippen molar-refractivity contribution in [3.8, 4) is 5.75 Å². The van der Waals surface area contributed by atoms with Gasteiger partial charge in [0.05, 0.1) is 18.2 Å². The summed E-state index contributed by atoms with van der Waals surface area (Å²) in [6.07, 6.45) is 0. The van der Waals surface area contributed by atoms with Crippen molar-refractivity contribution < 1.29 is 23.9 Å². The number of nitrogens with one attached hydrogen (secondary N) is 1. The van der Waals surface area contributed by atoms with E-state index in [1.807, 2.05) is 0 Å². The Balaban J connectivity index is 1.91. The van der Waals surface area contributed by atoms with Crippen LogP contribution < -0.4 is 10.1 Å². The molecule has 0 bridgehead atoms. The first-order valence-electron chi connectivity index (χ1n) is 6.91. The van der Waals surface area contributed by atoms with E-state index in [4.69, 9.17) is 21.1 Å². The second-order valence-electron chi connectivity index (χ2n) is 4.66. The Morgan fingerprint density at radius 3 is 2.54 bits per heavy atom. The predicted molar refractivity (Wildman–Crippen MR) is 87.2 cm³/mol. The summed E-state index contributed by atoms with van der Waals surface area (Å²) in [6.45, 7) is -0.591. The van der Waals surface area contributed by atoms with Crippen molar-refractivity contribution in [3.05, 3.63) is 64.7 Å². The summed E-state index contributed by atoms with van der Waals surface area (Å²) >= 11 is 5.77. The number of ether oxygens (including phenoxy) is 2. The highest BCUT2D eigenvalue weighted by molar-refractivity contribution is 6.30.